The molecule has 3 N–H and O–H groups in total. The van der Waals surface area contributed by atoms with E-state index in [9.17, 15) is 14.4 Å². The summed E-state index contributed by atoms with van der Waals surface area (Å²) in [7, 11) is 0. The molecule has 1 aromatic heterocycles. The molecule has 0 spiro atoms. The van der Waals surface area contributed by atoms with Gasteiger partial charge in [0.1, 0.15) is 11.4 Å². The maximum atomic E-state index is 12.7. The maximum absolute atomic E-state index is 12.7. The lowest BCUT2D eigenvalue weighted by Gasteiger charge is -2.22. The summed E-state index contributed by atoms with van der Waals surface area (Å²) in [5.41, 5.74) is 3.37. The van der Waals surface area contributed by atoms with Crippen LogP contribution in [0.3, 0.4) is 0 Å². The van der Waals surface area contributed by atoms with Crippen molar-refractivity contribution in [3.8, 4) is 0 Å². The third-order valence-corrected chi connectivity index (χ3v) is 6.79. The van der Waals surface area contributed by atoms with Crippen molar-refractivity contribution in [2.45, 2.75) is 17.8 Å². The van der Waals surface area contributed by atoms with Gasteiger partial charge >= 0.3 is 0 Å². The van der Waals surface area contributed by atoms with Gasteiger partial charge in [-0.05, 0) is 35.9 Å². The summed E-state index contributed by atoms with van der Waals surface area (Å²) in [5.74, 6) is 0.0688. The number of carbonyl (C=O) groups is 3. The second-order valence-corrected chi connectivity index (χ2v) is 8.48. The predicted molar refractivity (Wildman–Crippen MR) is 116 cm³/mol. The molecule has 0 aliphatic carbocycles. The molecular formula is C22H20N4O3S. The van der Waals surface area contributed by atoms with E-state index in [4.69, 9.17) is 0 Å². The Kier molecular flexibility index (Phi) is 4.71. The predicted octanol–water partition coefficient (Wildman–Crippen LogP) is 2.88. The van der Waals surface area contributed by atoms with Gasteiger partial charge in [0.2, 0.25) is 11.8 Å². The summed E-state index contributed by atoms with van der Waals surface area (Å²) in [6.45, 7) is 0.220. The molecule has 0 saturated carbocycles. The van der Waals surface area contributed by atoms with Gasteiger partial charge in [-0.25, -0.2) is 0 Å². The molecule has 3 aromatic rings. The molecule has 30 heavy (non-hydrogen) atoms. The zero-order valence-corrected chi connectivity index (χ0v) is 16.9. The Bertz CT molecular complexity index is 1160. The number of fused-ring (bicyclic) bond motifs is 4. The monoisotopic (exact) mass is 420 g/mol. The highest BCUT2D eigenvalue weighted by Gasteiger charge is 2.48. The minimum Gasteiger partial charge on any atom is -0.361 e. The zero-order chi connectivity index (χ0) is 20.7. The number of benzene rings is 2. The fourth-order valence-corrected chi connectivity index (χ4v) is 5.48. The number of H-pyrrole nitrogens is 1. The van der Waals surface area contributed by atoms with E-state index in [0.29, 0.717) is 17.0 Å². The van der Waals surface area contributed by atoms with Gasteiger partial charge in [-0.2, -0.15) is 0 Å². The Labute approximate surface area is 177 Å². The standard InChI is InChI=1S/C22H20N4O3S/c27-19(25-14-5-6-17-13(11-14)7-9-23-17)8-10-24-20(28)18-12-30-22-16-4-2-1-3-15(16)21(29)26(18)22/h1-7,9,11,18,22-23H,8,10,12H2,(H,24,28)(H,25,27)/t18-,22+/m0/s1. The lowest BCUT2D eigenvalue weighted by molar-refractivity contribution is -0.124. The van der Waals surface area contributed by atoms with Crippen molar-refractivity contribution in [1.29, 1.82) is 0 Å². The summed E-state index contributed by atoms with van der Waals surface area (Å²) in [6.07, 6.45) is 2.01. The molecule has 8 heteroatoms. The van der Waals surface area contributed by atoms with E-state index < -0.39 is 6.04 Å². The van der Waals surface area contributed by atoms with E-state index in [1.54, 1.807) is 22.7 Å². The van der Waals surface area contributed by atoms with Gasteiger partial charge in [0, 0.05) is 47.1 Å². The number of aromatic amines is 1. The number of rotatable bonds is 5. The van der Waals surface area contributed by atoms with Gasteiger partial charge in [0.05, 0.1) is 0 Å². The smallest absolute Gasteiger partial charge is 0.256 e. The van der Waals surface area contributed by atoms with Crippen LogP contribution >= 0.6 is 11.8 Å². The Morgan fingerprint density at radius 1 is 1.17 bits per heavy atom. The van der Waals surface area contributed by atoms with E-state index in [-0.39, 0.29) is 36.1 Å². The average molecular weight is 420 g/mol. The summed E-state index contributed by atoms with van der Waals surface area (Å²) in [6, 6.07) is 14.6. The molecule has 5 rings (SSSR count). The molecular weight excluding hydrogens is 400 g/mol. The highest BCUT2D eigenvalue weighted by atomic mass is 32.2. The van der Waals surface area contributed by atoms with Gasteiger partial charge in [-0.15, -0.1) is 11.8 Å². The van der Waals surface area contributed by atoms with Crippen molar-refractivity contribution in [2.75, 3.05) is 17.6 Å². The van der Waals surface area contributed by atoms with Crippen LogP contribution < -0.4 is 10.6 Å². The highest BCUT2D eigenvalue weighted by molar-refractivity contribution is 7.99. The first kappa shape index (κ1) is 18.7. The first-order chi connectivity index (χ1) is 14.6. The maximum Gasteiger partial charge on any atom is 0.256 e. The van der Waals surface area contributed by atoms with Crippen LogP contribution in [0.15, 0.2) is 54.7 Å². The molecule has 152 valence electrons. The van der Waals surface area contributed by atoms with Crippen LogP contribution in [-0.4, -0.2) is 45.9 Å². The van der Waals surface area contributed by atoms with Crippen molar-refractivity contribution in [3.05, 3.63) is 65.9 Å². The Balaban J connectivity index is 1.15. The molecule has 1 saturated heterocycles. The zero-order valence-electron chi connectivity index (χ0n) is 16.1. The minimum atomic E-state index is -0.515. The highest BCUT2D eigenvalue weighted by Crippen LogP contribution is 2.47. The van der Waals surface area contributed by atoms with Gasteiger partial charge < -0.3 is 20.5 Å². The van der Waals surface area contributed by atoms with E-state index in [0.717, 1.165) is 16.5 Å². The molecule has 0 radical (unpaired) electrons. The first-order valence-electron chi connectivity index (χ1n) is 9.80. The molecule has 3 heterocycles. The van der Waals surface area contributed by atoms with Gasteiger partial charge in [-0.1, -0.05) is 18.2 Å². The second-order valence-electron chi connectivity index (χ2n) is 7.37. The summed E-state index contributed by atoms with van der Waals surface area (Å²) in [4.78, 5) is 42.4. The fourth-order valence-electron chi connectivity index (χ4n) is 4.01. The van der Waals surface area contributed by atoms with Gasteiger partial charge in [-0.3, -0.25) is 14.4 Å². The number of amides is 3. The number of hydrogen-bond acceptors (Lipinski definition) is 4. The van der Waals surface area contributed by atoms with Gasteiger partial charge in [0.25, 0.3) is 5.91 Å². The molecule has 1 fully saturated rings. The normalized spacial score (nSPS) is 19.6. The quantitative estimate of drug-likeness (QED) is 0.592. The number of hydrogen-bond donors (Lipinski definition) is 3. The van der Waals surface area contributed by atoms with Gasteiger partial charge in [0.15, 0.2) is 0 Å². The van der Waals surface area contributed by atoms with E-state index in [1.165, 1.54) is 0 Å². The topological polar surface area (TPSA) is 94.3 Å². The van der Waals surface area contributed by atoms with Crippen LogP contribution in [0.1, 0.15) is 27.7 Å². The van der Waals surface area contributed by atoms with Crippen molar-refractivity contribution < 1.29 is 14.4 Å². The third kappa shape index (κ3) is 3.23. The number of carbonyl (C=O) groups excluding carboxylic acids is 3. The van der Waals surface area contributed by atoms with Crippen LogP contribution in [0.25, 0.3) is 10.9 Å². The van der Waals surface area contributed by atoms with Crippen LogP contribution in [-0.2, 0) is 9.59 Å². The molecule has 7 nitrogen and oxygen atoms in total. The Morgan fingerprint density at radius 2 is 2.03 bits per heavy atom. The molecule has 0 unspecified atom stereocenters. The van der Waals surface area contributed by atoms with E-state index in [1.807, 2.05) is 48.7 Å². The molecule has 2 aromatic carbocycles. The SMILES string of the molecule is O=C(CCNC(=O)[C@@H]1CS[C@@H]2c3ccccc3C(=O)N21)Nc1ccc2[nH]ccc2c1. The molecule has 2 aliphatic rings. The lowest BCUT2D eigenvalue weighted by Crippen LogP contribution is -2.46. The largest absolute Gasteiger partial charge is 0.361 e. The Hall–Kier alpha value is -3.26. The Morgan fingerprint density at radius 3 is 2.93 bits per heavy atom. The number of thioether (sulfide) groups is 1. The van der Waals surface area contributed by atoms with E-state index in [2.05, 4.69) is 15.6 Å². The number of nitrogens with one attached hydrogen (secondary N) is 3. The number of anilines is 1. The van der Waals surface area contributed by atoms with Crippen molar-refractivity contribution >= 4 is 46.1 Å². The first-order valence-corrected chi connectivity index (χ1v) is 10.8. The summed E-state index contributed by atoms with van der Waals surface area (Å²) < 4.78 is 0. The number of aromatic nitrogens is 1. The third-order valence-electron chi connectivity index (χ3n) is 5.48. The van der Waals surface area contributed by atoms with Crippen molar-refractivity contribution in [2.24, 2.45) is 0 Å². The van der Waals surface area contributed by atoms with E-state index >= 15 is 0 Å². The van der Waals surface area contributed by atoms with Crippen LogP contribution in [0.4, 0.5) is 5.69 Å². The fraction of sp³-hybridized carbons (Fsp3) is 0.227. The van der Waals surface area contributed by atoms with Crippen LogP contribution in [0, 0.1) is 0 Å². The summed E-state index contributed by atoms with van der Waals surface area (Å²) in [5, 5.41) is 6.58. The second kappa shape index (κ2) is 7.53. The van der Waals surface area contributed by atoms with Crippen molar-refractivity contribution in [1.82, 2.24) is 15.2 Å². The molecule has 2 atom stereocenters. The number of nitrogens with zero attached hydrogens (tertiary/aromatic N) is 1. The lowest BCUT2D eigenvalue weighted by atomic mass is 10.1. The molecule has 2 aliphatic heterocycles. The molecule has 3 amide bonds. The minimum absolute atomic E-state index is 0.0985. The van der Waals surface area contributed by atoms with Crippen molar-refractivity contribution in [3.63, 3.8) is 0 Å². The average Bonchev–Trinajstić information content (AvgIpc) is 3.45. The summed E-state index contributed by atoms with van der Waals surface area (Å²) >= 11 is 1.60. The van der Waals surface area contributed by atoms with Crippen LogP contribution in [0.5, 0.6) is 0 Å². The molecule has 0 bridgehead atoms. The van der Waals surface area contributed by atoms with Crippen LogP contribution in [0.2, 0.25) is 0 Å².